The topological polar surface area (TPSA) is 102 Å². The molecule has 0 unspecified atom stereocenters. The summed E-state index contributed by atoms with van der Waals surface area (Å²) >= 11 is 0. The zero-order chi connectivity index (χ0) is 29.0. The number of hydrogen-bond acceptors (Lipinski definition) is 7. The molecule has 5 rings (SSSR count). The molecule has 2 aromatic heterocycles. The van der Waals surface area contributed by atoms with Crippen molar-refractivity contribution in [1.29, 1.82) is 0 Å². The van der Waals surface area contributed by atoms with Crippen LogP contribution in [0, 0.1) is 12.8 Å². The highest BCUT2D eigenvalue weighted by Gasteiger charge is 2.21. The number of nitrogens with zero attached hydrogens (tertiary/aromatic N) is 5. The second-order valence-corrected chi connectivity index (χ2v) is 9.59. The van der Waals surface area contributed by atoms with Crippen LogP contribution in [-0.4, -0.2) is 74.2 Å². The molecule has 2 fully saturated rings. The van der Waals surface area contributed by atoms with Crippen molar-refractivity contribution in [1.82, 2.24) is 20.6 Å². The van der Waals surface area contributed by atoms with Crippen LogP contribution in [0.25, 0.3) is 11.0 Å². The maximum Gasteiger partial charge on any atom is 0.155 e. The van der Waals surface area contributed by atoms with E-state index >= 15 is 0 Å². The number of nitrogens with one attached hydrogen (secondary N) is 3. The molecule has 4 heterocycles. The summed E-state index contributed by atoms with van der Waals surface area (Å²) in [6, 6.07) is 4.11. The minimum Gasteiger partial charge on any atom is -0.344 e. The lowest BCUT2D eigenvalue weighted by Crippen LogP contribution is -2.39. The summed E-state index contributed by atoms with van der Waals surface area (Å²) in [6.45, 7) is 18.8. The second-order valence-electron chi connectivity index (χ2n) is 9.59. The first kappa shape index (κ1) is 32.7. The minimum atomic E-state index is 0.628. The average molecular weight is 545 g/mol. The first-order valence-electron chi connectivity index (χ1n) is 14.3. The summed E-state index contributed by atoms with van der Waals surface area (Å²) in [6.07, 6.45) is 16.5. The Morgan fingerprint density at radius 1 is 1.10 bits per heavy atom. The van der Waals surface area contributed by atoms with Gasteiger partial charge in [0, 0.05) is 81.1 Å². The van der Waals surface area contributed by atoms with E-state index in [1.165, 1.54) is 43.3 Å². The fourth-order valence-corrected chi connectivity index (χ4v) is 4.91. The summed E-state index contributed by atoms with van der Waals surface area (Å²) in [5, 5.41) is 7.52. The molecule has 0 amide bonds. The van der Waals surface area contributed by atoms with Gasteiger partial charge in [-0.2, -0.15) is 0 Å². The third kappa shape index (κ3) is 10.6. The lowest BCUT2D eigenvalue weighted by atomic mass is 9.80. The van der Waals surface area contributed by atoms with Crippen molar-refractivity contribution in [2.75, 3.05) is 39.8 Å². The molecule has 2 aromatic rings. The van der Waals surface area contributed by atoms with Crippen molar-refractivity contribution in [3.05, 3.63) is 66.7 Å². The standard InChI is InChI=1S/C23H27N5.C4H10N2.C3H7N.C2H4/c1-3-24-11-9-19(17-7-5-4-6-8-17)18-14-26-22(27-15-18)20-10-12-25-23-21(20)13-16(2)28-23;1-2-6-4-3-5-1;1-3-4-2;1-2/h3,10-14,17H,1,4-9,15H2,2H3,(H,25,28);5-6H,1-4H2;3H,1-2H3;1-2H2/b19-18+,24-11?;;;. The lowest BCUT2D eigenvalue weighted by Gasteiger charge is -2.26. The van der Waals surface area contributed by atoms with Gasteiger partial charge in [0.05, 0.1) is 6.54 Å². The minimum absolute atomic E-state index is 0.628. The molecule has 1 saturated heterocycles. The van der Waals surface area contributed by atoms with Crippen LogP contribution in [0.2, 0.25) is 0 Å². The molecule has 8 heteroatoms. The van der Waals surface area contributed by atoms with E-state index < -0.39 is 0 Å². The van der Waals surface area contributed by atoms with Crippen molar-refractivity contribution >= 4 is 35.5 Å². The largest absolute Gasteiger partial charge is 0.344 e. The highest BCUT2D eigenvalue weighted by Crippen LogP contribution is 2.33. The monoisotopic (exact) mass is 544 g/mol. The number of allylic oxidation sites excluding steroid dienone is 1. The van der Waals surface area contributed by atoms with Crippen molar-refractivity contribution in [3.63, 3.8) is 0 Å². The van der Waals surface area contributed by atoms with Gasteiger partial charge in [0.15, 0.2) is 5.84 Å². The van der Waals surface area contributed by atoms with E-state index in [9.17, 15) is 0 Å². The van der Waals surface area contributed by atoms with E-state index in [1.807, 2.05) is 38.5 Å². The van der Waals surface area contributed by atoms with Gasteiger partial charge in [0.25, 0.3) is 0 Å². The summed E-state index contributed by atoms with van der Waals surface area (Å²) in [7, 11) is 1.75. The molecular formula is C32H48N8. The van der Waals surface area contributed by atoms with E-state index in [4.69, 9.17) is 9.98 Å². The van der Waals surface area contributed by atoms with Crippen molar-refractivity contribution in [2.45, 2.75) is 52.4 Å². The van der Waals surface area contributed by atoms with Crippen LogP contribution in [-0.2, 0) is 0 Å². The normalized spacial score (nSPS) is 18.6. The Bertz CT molecular complexity index is 1160. The molecule has 1 saturated carbocycles. The number of pyridine rings is 1. The lowest BCUT2D eigenvalue weighted by molar-refractivity contribution is 0.399. The van der Waals surface area contributed by atoms with Gasteiger partial charge in [-0.05, 0) is 56.5 Å². The molecule has 0 aromatic carbocycles. The number of H-pyrrole nitrogens is 1. The highest BCUT2D eigenvalue weighted by atomic mass is 15.0. The zero-order valence-electron chi connectivity index (χ0n) is 24.8. The first-order valence-corrected chi connectivity index (χ1v) is 14.3. The molecule has 0 bridgehead atoms. The Hall–Kier alpha value is -3.49. The maximum atomic E-state index is 4.84. The van der Waals surface area contributed by atoms with Crippen LogP contribution in [0.4, 0.5) is 0 Å². The molecule has 0 spiro atoms. The maximum absolute atomic E-state index is 4.84. The predicted molar refractivity (Wildman–Crippen MR) is 175 cm³/mol. The Morgan fingerprint density at radius 3 is 2.33 bits per heavy atom. The number of aromatic nitrogens is 2. The van der Waals surface area contributed by atoms with Gasteiger partial charge in [-0.25, -0.2) is 9.98 Å². The van der Waals surface area contributed by atoms with Crippen LogP contribution >= 0.6 is 0 Å². The Morgan fingerprint density at radius 2 is 1.77 bits per heavy atom. The Balaban J connectivity index is 0.000000392. The molecule has 3 aliphatic rings. The smallest absolute Gasteiger partial charge is 0.155 e. The molecule has 3 N–H and O–H groups in total. The van der Waals surface area contributed by atoms with Gasteiger partial charge in [0.1, 0.15) is 5.65 Å². The number of aryl methyl sites for hydroxylation is 1. The van der Waals surface area contributed by atoms with Crippen LogP contribution in [0.15, 0.2) is 75.4 Å². The van der Waals surface area contributed by atoms with Crippen LogP contribution in [0.5, 0.6) is 0 Å². The number of hydrogen-bond donors (Lipinski definition) is 3. The Labute approximate surface area is 240 Å². The number of fused-ring (bicyclic) bond motifs is 1. The fourth-order valence-electron chi connectivity index (χ4n) is 4.91. The van der Waals surface area contributed by atoms with Crippen LogP contribution in [0.3, 0.4) is 0 Å². The van der Waals surface area contributed by atoms with Gasteiger partial charge in [-0.3, -0.25) is 9.98 Å². The van der Waals surface area contributed by atoms with E-state index in [1.54, 1.807) is 19.5 Å². The molecule has 40 heavy (non-hydrogen) atoms. The van der Waals surface area contributed by atoms with Gasteiger partial charge >= 0.3 is 0 Å². The summed E-state index contributed by atoms with van der Waals surface area (Å²) in [4.78, 5) is 25.1. The van der Waals surface area contributed by atoms with Crippen molar-refractivity contribution in [3.8, 4) is 0 Å². The Kier molecular flexibility index (Phi) is 16.0. The predicted octanol–water partition coefficient (Wildman–Crippen LogP) is 5.87. The zero-order valence-corrected chi connectivity index (χ0v) is 24.8. The third-order valence-electron chi connectivity index (χ3n) is 6.90. The number of amidine groups is 1. The average Bonchev–Trinajstić information content (AvgIpc) is 3.42. The molecule has 8 nitrogen and oxygen atoms in total. The second kappa shape index (κ2) is 19.6. The van der Waals surface area contributed by atoms with Crippen LogP contribution in [0.1, 0.15) is 56.7 Å². The van der Waals surface area contributed by atoms with E-state index in [-0.39, 0.29) is 0 Å². The van der Waals surface area contributed by atoms with Gasteiger partial charge in [-0.1, -0.05) is 31.4 Å². The molecule has 0 radical (unpaired) electrons. The van der Waals surface area contributed by atoms with E-state index in [0.29, 0.717) is 12.5 Å². The molecular weight excluding hydrogens is 496 g/mol. The molecule has 0 atom stereocenters. The van der Waals surface area contributed by atoms with Crippen LogP contribution < -0.4 is 10.6 Å². The van der Waals surface area contributed by atoms with Crippen molar-refractivity contribution < 1.29 is 0 Å². The van der Waals surface area contributed by atoms with E-state index in [0.717, 1.165) is 60.7 Å². The molecule has 216 valence electrons. The quantitative estimate of drug-likeness (QED) is 0.324. The first-order chi connectivity index (χ1) is 19.7. The third-order valence-corrected chi connectivity index (χ3v) is 6.90. The highest BCUT2D eigenvalue weighted by molar-refractivity contribution is 6.13. The van der Waals surface area contributed by atoms with Crippen molar-refractivity contribution in [2.24, 2.45) is 25.9 Å². The van der Waals surface area contributed by atoms with E-state index in [2.05, 4.69) is 56.4 Å². The summed E-state index contributed by atoms with van der Waals surface area (Å²) < 4.78 is 0. The van der Waals surface area contributed by atoms with Gasteiger partial charge in [-0.15, -0.1) is 13.2 Å². The fraction of sp³-hybridized carbons (Fsp3) is 0.469. The summed E-state index contributed by atoms with van der Waals surface area (Å²) in [5.41, 5.74) is 5.72. The number of aromatic amines is 1. The number of aliphatic imine (C=N–C) groups is 4. The summed E-state index contributed by atoms with van der Waals surface area (Å²) in [5.74, 6) is 1.42. The molecule has 2 aliphatic heterocycles. The van der Waals surface area contributed by atoms with Gasteiger partial charge < -0.3 is 20.6 Å². The SMILES string of the molecule is C1CNCCN1.C=C.C=CN=CC/C(=C1/C=NC(c2ccnc3[nH]c(C)cc23)=NC1)C1CCCCC1.CC=NC. The molecule has 1 aliphatic carbocycles. The number of rotatable bonds is 5. The number of piperazine rings is 1. The van der Waals surface area contributed by atoms with Gasteiger partial charge in [0.2, 0.25) is 0 Å².